The number of nitrogens with zero attached hydrogens (tertiary/aromatic N) is 1. The molecule has 3 nitrogen and oxygen atoms in total. The van der Waals surface area contributed by atoms with Crippen molar-refractivity contribution in [3.8, 4) is 0 Å². The first-order valence-corrected chi connectivity index (χ1v) is 7.06. The van der Waals surface area contributed by atoms with Crippen LogP contribution in [0.25, 0.3) is 0 Å². The molecule has 0 atom stereocenters. The van der Waals surface area contributed by atoms with Crippen molar-refractivity contribution in [3.63, 3.8) is 0 Å². The zero-order valence-corrected chi connectivity index (χ0v) is 11.5. The highest BCUT2D eigenvalue weighted by Gasteiger charge is 2.21. The van der Waals surface area contributed by atoms with E-state index in [0.717, 1.165) is 37.9 Å². The lowest BCUT2D eigenvalue weighted by Crippen LogP contribution is -2.31. The van der Waals surface area contributed by atoms with Gasteiger partial charge in [0.05, 0.1) is 0 Å². The van der Waals surface area contributed by atoms with Gasteiger partial charge in [-0.3, -0.25) is 4.79 Å². The van der Waals surface area contributed by atoms with Crippen LogP contribution >= 0.6 is 0 Å². The molecule has 0 saturated carbocycles. The van der Waals surface area contributed by atoms with Crippen molar-refractivity contribution >= 4 is 17.4 Å². The second-order valence-corrected chi connectivity index (χ2v) is 5.19. The van der Waals surface area contributed by atoms with E-state index < -0.39 is 0 Å². The maximum Gasteiger partial charge on any atom is 0.226 e. The highest BCUT2D eigenvalue weighted by Crippen LogP contribution is 2.27. The fourth-order valence-electron chi connectivity index (χ4n) is 2.57. The van der Waals surface area contributed by atoms with Crippen LogP contribution in [0.1, 0.15) is 44.6 Å². The smallest absolute Gasteiger partial charge is 0.226 e. The molecule has 1 amide bonds. The van der Waals surface area contributed by atoms with Gasteiger partial charge in [-0.15, -0.1) is 0 Å². The minimum Gasteiger partial charge on any atom is -0.312 e. The molecule has 2 rings (SSSR count). The molecule has 1 heterocycles. The van der Waals surface area contributed by atoms with E-state index in [2.05, 4.69) is 6.07 Å². The van der Waals surface area contributed by atoms with E-state index in [1.165, 1.54) is 5.56 Å². The Morgan fingerprint density at radius 3 is 2.79 bits per heavy atom. The minimum absolute atomic E-state index is 0.216. The van der Waals surface area contributed by atoms with E-state index in [1.807, 2.05) is 23.1 Å². The zero-order chi connectivity index (χ0) is 13.7. The van der Waals surface area contributed by atoms with Crippen LogP contribution in [0.4, 0.5) is 5.69 Å². The molecule has 0 spiro atoms. The average Bonchev–Trinajstić information content (AvgIpc) is 2.54. The van der Waals surface area contributed by atoms with Crippen LogP contribution in [0.5, 0.6) is 0 Å². The summed E-state index contributed by atoms with van der Waals surface area (Å²) in [7, 11) is 0. The second kappa shape index (κ2) is 6.50. The molecular formula is C16H21NO2. The molecule has 1 aliphatic rings. The lowest BCUT2D eigenvalue weighted by molar-refractivity contribution is -0.118. The molecule has 0 aliphatic carbocycles. The van der Waals surface area contributed by atoms with Crippen molar-refractivity contribution in [3.05, 3.63) is 29.8 Å². The van der Waals surface area contributed by atoms with Gasteiger partial charge in [0.25, 0.3) is 0 Å². The number of para-hydroxylation sites is 1. The summed E-state index contributed by atoms with van der Waals surface area (Å²) in [6.07, 6.45) is 4.90. The molecule has 1 aromatic rings. The summed E-state index contributed by atoms with van der Waals surface area (Å²) in [6.45, 7) is 2.34. The van der Waals surface area contributed by atoms with Gasteiger partial charge in [-0.2, -0.15) is 0 Å². The van der Waals surface area contributed by atoms with Crippen LogP contribution in [0, 0.1) is 0 Å². The third kappa shape index (κ3) is 3.66. The summed E-state index contributed by atoms with van der Waals surface area (Å²) in [5.41, 5.74) is 2.33. The number of Topliss-reactive ketones (excluding diaryl/α,β-unsaturated/α-hetero) is 1. The van der Waals surface area contributed by atoms with Gasteiger partial charge in [-0.25, -0.2) is 0 Å². The van der Waals surface area contributed by atoms with Crippen LogP contribution in [0.3, 0.4) is 0 Å². The van der Waals surface area contributed by atoms with Crippen molar-refractivity contribution in [2.75, 3.05) is 11.4 Å². The second-order valence-electron chi connectivity index (χ2n) is 5.19. The highest BCUT2D eigenvalue weighted by molar-refractivity contribution is 5.94. The first-order valence-electron chi connectivity index (χ1n) is 7.06. The number of anilines is 1. The topological polar surface area (TPSA) is 37.4 Å². The zero-order valence-electron chi connectivity index (χ0n) is 11.5. The van der Waals surface area contributed by atoms with E-state index >= 15 is 0 Å². The first kappa shape index (κ1) is 13.8. The van der Waals surface area contributed by atoms with Gasteiger partial charge in [0.1, 0.15) is 5.78 Å². The Kier molecular flexibility index (Phi) is 4.72. The van der Waals surface area contributed by atoms with Gasteiger partial charge >= 0.3 is 0 Å². The van der Waals surface area contributed by atoms with E-state index in [-0.39, 0.29) is 11.7 Å². The number of hydrogen-bond acceptors (Lipinski definition) is 2. The number of unbranched alkanes of at least 4 members (excludes halogenated alkanes) is 1. The van der Waals surface area contributed by atoms with Crippen molar-refractivity contribution in [2.24, 2.45) is 0 Å². The minimum atomic E-state index is 0.216. The number of hydrogen-bond donors (Lipinski definition) is 0. The van der Waals surface area contributed by atoms with Crippen LogP contribution in [0.15, 0.2) is 24.3 Å². The fourth-order valence-corrected chi connectivity index (χ4v) is 2.57. The number of benzene rings is 1. The van der Waals surface area contributed by atoms with Crippen molar-refractivity contribution < 1.29 is 9.59 Å². The molecule has 0 aromatic heterocycles. The number of rotatable bonds is 5. The fraction of sp³-hybridized carbons (Fsp3) is 0.500. The van der Waals surface area contributed by atoms with Crippen molar-refractivity contribution in [1.82, 2.24) is 0 Å². The Hall–Kier alpha value is -1.64. The number of fused-ring (bicyclic) bond motifs is 1. The van der Waals surface area contributed by atoms with Crippen LogP contribution in [-0.4, -0.2) is 18.2 Å². The van der Waals surface area contributed by atoms with Crippen LogP contribution < -0.4 is 4.90 Å². The Morgan fingerprint density at radius 1 is 1.21 bits per heavy atom. The molecule has 0 N–H and O–H groups in total. The maximum absolute atomic E-state index is 12.2. The predicted octanol–water partition coefficient (Wildman–Crippen LogP) is 3.12. The first-order chi connectivity index (χ1) is 9.18. The molecule has 102 valence electrons. The molecule has 3 heteroatoms. The monoisotopic (exact) mass is 259 g/mol. The average molecular weight is 259 g/mol. The number of carbonyl (C=O) groups is 2. The van der Waals surface area contributed by atoms with Crippen LogP contribution in [-0.2, 0) is 16.0 Å². The number of aryl methyl sites for hydroxylation is 1. The summed E-state index contributed by atoms with van der Waals surface area (Å²) in [5, 5.41) is 0. The Balaban J connectivity index is 2.04. The number of ketones is 1. The standard InChI is InChI=1S/C16H21NO2/c1-13(18)7-4-5-12-17-15-10-3-2-8-14(15)9-6-11-16(17)19/h2-3,8,10H,4-7,9,11-12H2,1H3. The van der Waals surface area contributed by atoms with E-state index in [9.17, 15) is 9.59 Å². The summed E-state index contributed by atoms with van der Waals surface area (Å²) < 4.78 is 0. The highest BCUT2D eigenvalue weighted by atomic mass is 16.2. The molecule has 0 unspecified atom stereocenters. The number of amides is 1. The molecule has 1 aromatic carbocycles. The van der Waals surface area contributed by atoms with Gasteiger partial charge in [0.15, 0.2) is 0 Å². The maximum atomic E-state index is 12.2. The van der Waals surface area contributed by atoms with Gasteiger partial charge in [-0.05, 0) is 44.2 Å². The van der Waals surface area contributed by atoms with Gasteiger partial charge < -0.3 is 9.69 Å². The quantitative estimate of drug-likeness (QED) is 0.762. The molecule has 0 saturated heterocycles. The largest absolute Gasteiger partial charge is 0.312 e. The molecule has 0 radical (unpaired) electrons. The van der Waals surface area contributed by atoms with Crippen molar-refractivity contribution in [1.29, 1.82) is 0 Å². The molecule has 19 heavy (non-hydrogen) atoms. The van der Waals surface area contributed by atoms with E-state index in [0.29, 0.717) is 12.8 Å². The summed E-state index contributed by atoms with van der Waals surface area (Å²) in [5.74, 6) is 0.440. The Morgan fingerprint density at radius 2 is 2.00 bits per heavy atom. The van der Waals surface area contributed by atoms with E-state index in [4.69, 9.17) is 0 Å². The van der Waals surface area contributed by atoms with Crippen LogP contribution in [0.2, 0.25) is 0 Å². The SMILES string of the molecule is CC(=O)CCCCN1C(=O)CCCc2ccccc21. The number of carbonyl (C=O) groups excluding carboxylic acids is 2. The molecule has 0 bridgehead atoms. The third-order valence-corrected chi connectivity index (χ3v) is 3.58. The molecule has 0 fully saturated rings. The lowest BCUT2D eigenvalue weighted by Gasteiger charge is -2.23. The summed E-state index contributed by atoms with van der Waals surface area (Å²) >= 11 is 0. The normalized spacial score (nSPS) is 15.0. The Labute approximate surface area is 114 Å². The molecule has 1 aliphatic heterocycles. The summed E-state index contributed by atoms with van der Waals surface area (Å²) in [6, 6.07) is 8.16. The summed E-state index contributed by atoms with van der Waals surface area (Å²) in [4.78, 5) is 25.0. The lowest BCUT2D eigenvalue weighted by atomic mass is 10.1. The van der Waals surface area contributed by atoms with Crippen molar-refractivity contribution in [2.45, 2.75) is 45.4 Å². The van der Waals surface area contributed by atoms with E-state index in [1.54, 1.807) is 6.92 Å². The molecular weight excluding hydrogens is 238 g/mol. The predicted molar refractivity (Wildman–Crippen MR) is 76.3 cm³/mol. The van der Waals surface area contributed by atoms with Gasteiger partial charge in [-0.1, -0.05) is 18.2 Å². The van der Waals surface area contributed by atoms with Gasteiger partial charge in [0, 0.05) is 25.1 Å². The Bertz CT molecular complexity index is 468. The van der Waals surface area contributed by atoms with Gasteiger partial charge in [0.2, 0.25) is 5.91 Å². The third-order valence-electron chi connectivity index (χ3n) is 3.58.